The number of ketones is 1. The van der Waals surface area contributed by atoms with Gasteiger partial charge in [0.05, 0.1) is 5.60 Å². The van der Waals surface area contributed by atoms with Crippen LogP contribution in [0.2, 0.25) is 0 Å². The van der Waals surface area contributed by atoms with Gasteiger partial charge in [0, 0.05) is 12.8 Å². The third-order valence-corrected chi connectivity index (χ3v) is 3.06. The highest BCUT2D eigenvalue weighted by molar-refractivity contribution is 5.80. The lowest BCUT2D eigenvalue weighted by Gasteiger charge is -2.35. The van der Waals surface area contributed by atoms with Crippen LogP contribution in [0.25, 0.3) is 0 Å². The van der Waals surface area contributed by atoms with E-state index in [1.807, 2.05) is 37.3 Å². The number of aliphatic hydroxyl groups is 1. The molecule has 1 fully saturated rings. The molecule has 80 valence electrons. The minimum Gasteiger partial charge on any atom is -0.385 e. The van der Waals surface area contributed by atoms with Gasteiger partial charge in [-0.1, -0.05) is 37.3 Å². The Kier molecular flexibility index (Phi) is 2.61. The number of carbonyl (C=O) groups excluding carboxylic acids is 1. The van der Waals surface area contributed by atoms with E-state index in [0.29, 0.717) is 12.8 Å². The molecular formula is C13H16O2. The first-order chi connectivity index (χ1) is 7.10. The van der Waals surface area contributed by atoms with Crippen molar-refractivity contribution in [1.29, 1.82) is 0 Å². The summed E-state index contributed by atoms with van der Waals surface area (Å²) in [6.45, 7) is 2.02. The molecule has 0 saturated heterocycles. The molecule has 2 atom stereocenters. The van der Waals surface area contributed by atoms with Crippen LogP contribution in [0.5, 0.6) is 0 Å². The largest absolute Gasteiger partial charge is 0.385 e. The molecule has 1 saturated carbocycles. The Bertz CT molecular complexity index is 358. The maximum Gasteiger partial charge on any atom is 0.136 e. The SMILES string of the molecule is CC1CC(=O)CC(O)(c2ccccc2)C1. The molecule has 0 radical (unpaired) electrons. The topological polar surface area (TPSA) is 37.3 Å². The fraction of sp³-hybridized carbons (Fsp3) is 0.462. The molecule has 15 heavy (non-hydrogen) atoms. The van der Waals surface area contributed by atoms with Crippen LogP contribution in [-0.4, -0.2) is 10.9 Å². The normalized spacial score (nSPS) is 31.6. The molecule has 1 aromatic carbocycles. The second kappa shape index (κ2) is 3.78. The van der Waals surface area contributed by atoms with Crippen LogP contribution in [0.1, 0.15) is 31.7 Å². The summed E-state index contributed by atoms with van der Waals surface area (Å²) in [6.07, 6.45) is 1.55. The maximum absolute atomic E-state index is 11.5. The van der Waals surface area contributed by atoms with Crippen LogP contribution in [-0.2, 0) is 10.4 Å². The summed E-state index contributed by atoms with van der Waals surface area (Å²) in [6, 6.07) is 9.51. The minimum absolute atomic E-state index is 0.167. The fourth-order valence-electron chi connectivity index (χ4n) is 2.48. The van der Waals surface area contributed by atoms with Gasteiger partial charge in [0.2, 0.25) is 0 Å². The summed E-state index contributed by atoms with van der Waals surface area (Å²) in [5, 5.41) is 10.5. The summed E-state index contributed by atoms with van der Waals surface area (Å²) >= 11 is 0. The molecule has 1 aliphatic carbocycles. The molecule has 1 aliphatic rings. The van der Waals surface area contributed by atoms with Gasteiger partial charge in [0.15, 0.2) is 0 Å². The molecule has 2 rings (SSSR count). The Morgan fingerprint density at radius 3 is 2.60 bits per heavy atom. The Morgan fingerprint density at radius 2 is 2.00 bits per heavy atom. The van der Waals surface area contributed by atoms with Gasteiger partial charge in [0.25, 0.3) is 0 Å². The summed E-state index contributed by atoms with van der Waals surface area (Å²) < 4.78 is 0. The summed E-state index contributed by atoms with van der Waals surface area (Å²) in [5.74, 6) is 0.441. The number of carbonyl (C=O) groups is 1. The van der Waals surface area contributed by atoms with Gasteiger partial charge in [-0.05, 0) is 17.9 Å². The molecule has 2 unspecified atom stereocenters. The highest BCUT2D eigenvalue weighted by Crippen LogP contribution is 2.37. The standard InChI is InChI=1S/C13H16O2/c1-10-7-12(14)9-13(15,8-10)11-5-3-2-4-6-11/h2-6,10,15H,7-9H2,1H3. The molecule has 0 heterocycles. The molecule has 0 aliphatic heterocycles. The Labute approximate surface area is 89.9 Å². The van der Waals surface area contributed by atoms with E-state index in [-0.39, 0.29) is 18.1 Å². The first-order valence-corrected chi connectivity index (χ1v) is 5.40. The Balaban J connectivity index is 2.30. The van der Waals surface area contributed by atoms with Crippen LogP contribution in [0.4, 0.5) is 0 Å². The highest BCUT2D eigenvalue weighted by atomic mass is 16.3. The lowest BCUT2D eigenvalue weighted by atomic mass is 9.74. The smallest absolute Gasteiger partial charge is 0.136 e. The van der Waals surface area contributed by atoms with Crippen molar-refractivity contribution in [3.05, 3.63) is 35.9 Å². The molecule has 0 aromatic heterocycles. The van der Waals surface area contributed by atoms with Crippen LogP contribution < -0.4 is 0 Å². The second-order valence-corrected chi connectivity index (χ2v) is 4.63. The van der Waals surface area contributed by atoms with E-state index in [2.05, 4.69) is 0 Å². The van der Waals surface area contributed by atoms with E-state index in [1.165, 1.54) is 0 Å². The molecule has 2 nitrogen and oxygen atoms in total. The second-order valence-electron chi connectivity index (χ2n) is 4.63. The molecule has 1 N–H and O–H groups in total. The number of benzene rings is 1. The highest BCUT2D eigenvalue weighted by Gasteiger charge is 2.37. The molecule has 2 heteroatoms. The van der Waals surface area contributed by atoms with E-state index in [9.17, 15) is 9.90 Å². The van der Waals surface area contributed by atoms with Crippen molar-refractivity contribution in [2.45, 2.75) is 31.8 Å². The number of hydrogen-bond acceptors (Lipinski definition) is 2. The van der Waals surface area contributed by atoms with Crippen molar-refractivity contribution in [2.24, 2.45) is 5.92 Å². The van der Waals surface area contributed by atoms with Gasteiger partial charge < -0.3 is 5.11 Å². The number of Topliss-reactive ketones (excluding diaryl/α,β-unsaturated/α-hetero) is 1. The maximum atomic E-state index is 11.5. The van der Waals surface area contributed by atoms with Crippen molar-refractivity contribution in [2.75, 3.05) is 0 Å². The van der Waals surface area contributed by atoms with Crippen LogP contribution >= 0.6 is 0 Å². The Morgan fingerprint density at radius 1 is 1.33 bits per heavy atom. The average Bonchev–Trinajstić information content (AvgIpc) is 2.17. The van der Waals surface area contributed by atoms with Crippen LogP contribution in [0.3, 0.4) is 0 Å². The van der Waals surface area contributed by atoms with Gasteiger partial charge in [-0.3, -0.25) is 4.79 Å². The van der Waals surface area contributed by atoms with Gasteiger partial charge in [-0.15, -0.1) is 0 Å². The number of hydrogen-bond donors (Lipinski definition) is 1. The van der Waals surface area contributed by atoms with Gasteiger partial charge in [0.1, 0.15) is 5.78 Å². The van der Waals surface area contributed by atoms with Gasteiger partial charge in [-0.25, -0.2) is 0 Å². The van der Waals surface area contributed by atoms with Gasteiger partial charge in [-0.2, -0.15) is 0 Å². The third kappa shape index (κ3) is 2.10. The molecule has 0 spiro atoms. The third-order valence-electron chi connectivity index (χ3n) is 3.06. The fourth-order valence-corrected chi connectivity index (χ4v) is 2.48. The van der Waals surface area contributed by atoms with Crippen LogP contribution in [0, 0.1) is 5.92 Å². The van der Waals surface area contributed by atoms with E-state index < -0.39 is 5.60 Å². The lowest BCUT2D eigenvalue weighted by molar-refractivity contribution is -0.131. The summed E-state index contributed by atoms with van der Waals surface area (Å²) in [5.41, 5.74) is -0.0689. The minimum atomic E-state index is -0.935. The molecule has 1 aromatic rings. The van der Waals surface area contributed by atoms with E-state index in [1.54, 1.807) is 0 Å². The average molecular weight is 204 g/mol. The zero-order valence-corrected chi connectivity index (χ0v) is 8.94. The predicted octanol–water partition coefficient (Wildman–Crippen LogP) is 2.26. The Hall–Kier alpha value is -1.15. The quantitative estimate of drug-likeness (QED) is 0.762. The monoisotopic (exact) mass is 204 g/mol. The van der Waals surface area contributed by atoms with Crippen LogP contribution in [0.15, 0.2) is 30.3 Å². The van der Waals surface area contributed by atoms with Crippen molar-refractivity contribution in [3.8, 4) is 0 Å². The summed E-state index contributed by atoms with van der Waals surface area (Å²) in [4.78, 5) is 11.5. The van der Waals surface area contributed by atoms with Crippen molar-refractivity contribution >= 4 is 5.78 Å². The molecule has 0 bridgehead atoms. The predicted molar refractivity (Wildman–Crippen MR) is 58.4 cm³/mol. The summed E-state index contributed by atoms with van der Waals surface area (Å²) in [7, 11) is 0. The van der Waals surface area contributed by atoms with E-state index in [0.717, 1.165) is 5.56 Å². The lowest BCUT2D eigenvalue weighted by Crippen LogP contribution is -2.36. The first-order valence-electron chi connectivity index (χ1n) is 5.40. The van der Waals surface area contributed by atoms with Gasteiger partial charge >= 0.3 is 0 Å². The van der Waals surface area contributed by atoms with Crippen molar-refractivity contribution in [1.82, 2.24) is 0 Å². The molecule has 0 amide bonds. The zero-order valence-electron chi connectivity index (χ0n) is 8.94. The zero-order chi connectivity index (χ0) is 10.9. The van der Waals surface area contributed by atoms with E-state index in [4.69, 9.17) is 0 Å². The van der Waals surface area contributed by atoms with E-state index >= 15 is 0 Å². The number of rotatable bonds is 1. The first kappa shape index (κ1) is 10.4. The van der Waals surface area contributed by atoms with Crippen molar-refractivity contribution in [3.63, 3.8) is 0 Å². The molecular weight excluding hydrogens is 188 g/mol. The van der Waals surface area contributed by atoms with Crippen molar-refractivity contribution < 1.29 is 9.90 Å².